The summed E-state index contributed by atoms with van der Waals surface area (Å²) >= 11 is 0. The molecule has 3 aromatic carbocycles. The molecule has 0 fully saturated rings. The molecule has 0 spiro atoms. The van der Waals surface area contributed by atoms with E-state index >= 15 is 0 Å². The number of aliphatic hydroxyl groups excluding tert-OH is 1. The lowest BCUT2D eigenvalue weighted by atomic mass is 9.95. The molecule has 0 aliphatic carbocycles. The number of carbonyl (C=O) groups is 1. The van der Waals surface area contributed by atoms with Gasteiger partial charge in [0.15, 0.2) is 11.5 Å². The number of unbranched alkanes of at least 4 members (excludes halogenated alkanes) is 2. The zero-order chi connectivity index (χ0) is 26.6. The Morgan fingerprint density at radius 3 is 2.22 bits per heavy atom. The van der Waals surface area contributed by atoms with Crippen LogP contribution in [0.15, 0.2) is 72.8 Å². The average Bonchev–Trinajstić information content (AvgIpc) is 2.90. The summed E-state index contributed by atoms with van der Waals surface area (Å²) in [6.45, 7) is 9.91. The zero-order valence-corrected chi connectivity index (χ0v) is 22.2. The van der Waals surface area contributed by atoms with Crippen molar-refractivity contribution in [2.75, 3.05) is 26.4 Å². The van der Waals surface area contributed by atoms with Gasteiger partial charge in [-0.2, -0.15) is 0 Å². The van der Waals surface area contributed by atoms with Crippen LogP contribution in [0.3, 0.4) is 0 Å². The quantitative estimate of drug-likeness (QED) is 0.147. The predicted molar refractivity (Wildman–Crippen MR) is 149 cm³/mol. The van der Waals surface area contributed by atoms with Gasteiger partial charge >= 0.3 is 5.97 Å². The third-order valence-corrected chi connectivity index (χ3v) is 6.10. The standard InChI is InChI=1S/C32H38O5/c1-5-6-7-8-25-9-15-29(24(4)21-25)27-12-10-26(11-13-27)28-14-16-30(35-18-17-33)31(22-28)36-19-20-37-32(34)23(2)3/h9-16,21-22,33H,2,5-8,17-20H2,1,3-4H3. The average molecular weight is 503 g/mol. The van der Waals surface area contributed by atoms with Crippen LogP contribution in [0, 0.1) is 6.92 Å². The molecule has 37 heavy (non-hydrogen) atoms. The van der Waals surface area contributed by atoms with Gasteiger partial charge in [-0.1, -0.05) is 74.9 Å². The summed E-state index contributed by atoms with van der Waals surface area (Å²) in [5.74, 6) is 0.599. The van der Waals surface area contributed by atoms with Crippen molar-refractivity contribution >= 4 is 5.97 Å². The van der Waals surface area contributed by atoms with Crippen molar-refractivity contribution in [2.24, 2.45) is 0 Å². The molecule has 5 nitrogen and oxygen atoms in total. The molecule has 0 atom stereocenters. The van der Waals surface area contributed by atoms with Crippen LogP contribution in [0.2, 0.25) is 0 Å². The first kappa shape index (κ1) is 28.0. The lowest BCUT2D eigenvalue weighted by Gasteiger charge is -2.15. The number of hydrogen-bond acceptors (Lipinski definition) is 5. The van der Waals surface area contributed by atoms with Crippen LogP contribution in [0.5, 0.6) is 11.5 Å². The number of aliphatic hydroxyl groups is 1. The van der Waals surface area contributed by atoms with E-state index in [1.54, 1.807) is 6.92 Å². The van der Waals surface area contributed by atoms with Gasteiger partial charge in [0.1, 0.15) is 19.8 Å². The molecule has 0 heterocycles. The Labute approximate surface area is 220 Å². The molecule has 0 amide bonds. The summed E-state index contributed by atoms with van der Waals surface area (Å²) in [5.41, 5.74) is 7.47. The summed E-state index contributed by atoms with van der Waals surface area (Å²) < 4.78 is 16.6. The van der Waals surface area contributed by atoms with Crippen molar-refractivity contribution < 1.29 is 24.1 Å². The van der Waals surface area contributed by atoms with Gasteiger partial charge < -0.3 is 19.3 Å². The third-order valence-electron chi connectivity index (χ3n) is 6.10. The normalized spacial score (nSPS) is 10.7. The minimum absolute atomic E-state index is 0.0980. The molecule has 0 bridgehead atoms. The molecular weight excluding hydrogens is 464 g/mol. The second kappa shape index (κ2) is 14.2. The van der Waals surface area contributed by atoms with Crippen LogP contribution in [0.4, 0.5) is 0 Å². The zero-order valence-electron chi connectivity index (χ0n) is 22.2. The molecule has 0 unspecified atom stereocenters. The number of rotatable bonds is 14. The van der Waals surface area contributed by atoms with Crippen molar-refractivity contribution in [3.63, 3.8) is 0 Å². The topological polar surface area (TPSA) is 65.0 Å². The first-order valence-corrected chi connectivity index (χ1v) is 13.0. The minimum atomic E-state index is -0.449. The Bertz CT molecular complexity index is 1180. The van der Waals surface area contributed by atoms with Gasteiger partial charge in [0.25, 0.3) is 0 Å². The fourth-order valence-electron chi connectivity index (χ4n) is 4.11. The van der Waals surface area contributed by atoms with Crippen molar-refractivity contribution in [1.29, 1.82) is 0 Å². The summed E-state index contributed by atoms with van der Waals surface area (Å²) in [4.78, 5) is 11.6. The van der Waals surface area contributed by atoms with Crippen LogP contribution in [0.25, 0.3) is 22.3 Å². The molecule has 0 aromatic heterocycles. The molecule has 0 saturated carbocycles. The van der Waals surface area contributed by atoms with E-state index in [1.807, 2.05) is 18.2 Å². The maximum absolute atomic E-state index is 11.6. The first-order valence-electron chi connectivity index (χ1n) is 13.0. The molecule has 5 heteroatoms. The van der Waals surface area contributed by atoms with Gasteiger partial charge in [-0.05, 0) is 72.2 Å². The highest BCUT2D eigenvalue weighted by Gasteiger charge is 2.11. The van der Waals surface area contributed by atoms with E-state index in [0.29, 0.717) is 17.1 Å². The molecule has 1 N–H and O–H groups in total. The van der Waals surface area contributed by atoms with E-state index in [-0.39, 0.29) is 26.4 Å². The Morgan fingerprint density at radius 1 is 0.838 bits per heavy atom. The summed E-state index contributed by atoms with van der Waals surface area (Å²) in [6, 6.07) is 21.0. The van der Waals surface area contributed by atoms with Crippen LogP contribution in [-0.4, -0.2) is 37.5 Å². The molecule has 196 valence electrons. The summed E-state index contributed by atoms with van der Waals surface area (Å²) in [6.07, 6.45) is 4.87. The molecule has 0 saturated heterocycles. The van der Waals surface area contributed by atoms with Crippen LogP contribution >= 0.6 is 0 Å². The number of benzene rings is 3. The SMILES string of the molecule is C=C(C)C(=O)OCCOc1cc(-c2ccc(-c3ccc(CCCCC)cc3C)cc2)ccc1OCCO. The predicted octanol–water partition coefficient (Wildman–Crippen LogP) is 6.93. The lowest BCUT2D eigenvalue weighted by Crippen LogP contribution is -2.13. The number of esters is 1. The Hall–Kier alpha value is -3.57. The van der Waals surface area contributed by atoms with E-state index in [4.69, 9.17) is 19.3 Å². The second-order valence-electron chi connectivity index (χ2n) is 9.18. The largest absolute Gasteiger partial charge is 0.487 e. The Kier molecular flexibility index (Phi) is 10.8. The monoisotopic (exact) mass is 502 g/mol. The van der Waals surface area contributed by atoms with Gasteiger partial charge in [0.05, 0.1) is 6.61 Å². The highest BCUT2D eigenvalue weighted by Crippen LogP contribution is 2.34. The van der Waals surface area contributed by atoms with E-state index in [0.717, 1.165) is 17.5 Å². The molecule has 0 aliphatic rings. The summed E-state index contributed by atoms with van der Waals surface area (Å²) in [5, 5.41) is 9.15. The van der Waals surface area contributed by atoms with Crippen molar-refractivity contribution in [2.45, 2.75) is 46.5 Å². The van der Waals surface area contributed by atoms with Gasteiger partial charge in [0, 0.05) is 5.57 Å². The third kappa shape index (κ3) is 8.22. The van der Waals surface area contributed by atoms with Gasteiger partial charge in [-0.15, -0.1) is 0 Å². The van der Waals surface area contributed by atoms with E-state index in [1.165, 1.54) is 41.5 Å². The highest BCUT2D eigenvalue weighted by atomic mass is 16.6. The van der Waals surface area contributed by atoms with Gasteiger partial charge in [-0.25, -0.2) is 4.79 Å². The van der Waals surface area contributed by atoms with E-state index in [9.17, 15) is 4.79 Å². The molecule has 3 aromatic rings. The van der Waals surface area contributed by atoms with Crippen molar-refractivity contribution in [3.05, 3.63) is 83.9 Å². The molecule has 0 radical (unpaired) electrons. The number of aryl methyl sites for hydroxylation is 2. The van der Waals surface area contributed by atoms with Crippen LogP contribution < -0.4 is 9.47 Å². The number of ether oxygens (including phenoxy) is 3. The van der Waals surface area contributed by atoms with Gasteiger partial charge in [-0.3, -0.25) is 0 Å². The lowest BCUT2D eigenvalue weighted by molar-refractivity contribution is -0.139. The molecule has 0 aliphatic heterocycles. The maximum Gasteiger partial charge on any atom is 0.333 e. The van der Waals surface area contributed by atoms with Crippen LogP contribution in [0.1, 0.15) is 44.2 Å². The minimum Gasteiger partial charge on any atom is -0.487 e. The second-order valence-corrected chi connectivity index (χ2v) is 9.18. The molecular formula is C32H38O5. The number of carbonyl (C=O) groups excluding carboxylic acids is 1. The fraction of sp³-hybridized carbons (Fsp3) is 0.344. The highest BCUT2D eigenvalue weighted by molar-refractivity contribution is 5.86. The number of hydrogen-bond donors (Lipinski definition) is 1. The fourth-order valence-corrected chi connectivity index (χ4v) is 4.11. The van der Waals surface area contributed by atoms with E-state index in [2.05, 4.69) is 62.9 Å². The van der Waals surface area contributed by atoms with Crippen LogP contribution in [-0.2, 0) is 16.0 Å². The maximum atomic E-state index is 11.6. The Morgan fingerprint density at radius 2 is 1.54 bits per heavy atom. The van der Waals surface area contributed by atoms with E-state index < -0.39 is 5.97 Å². The first-order chi connectivity index (χ1) is 17.9. The van der Waals surface area contributed by atoms with Crippen molar-refractivity contribution in [1.82, 2.24) is 0 Å². The van der Waals surface area contributed by atoms with Crippen molar-refractivity contribution in [3.8, 4) is 33.8 Å². The van der Waals surface area contributed by atoms with Gasteiger partial charge in [0.2, 0.25) is 0 Å². The summed E-state index contributed by atoms with van der Waals surface area (Å²) in [7, 11) is 0. The smallest absolute Gasteiger partial charge is 0.333 e. The Balaban J connectivity index is 1.74. The molecule has 3 rings (SSSR count).